The summed E-state index contributed by atoms with van der Waals surface area (Å²) in [5, 5.41) is 12.2. The molecule has 0 saturated carbocycles. The van der Waals surface area contributed by atoms with Gasteiger partial charge in [-0.25, -0.2) is 0 Å². The van der Waals surface area contributed by atoms with Crippen LogP contribution in [0.2, 0.25) is 0 Å². The van der Waals surface area contributed by atoms with Gasteiger partial charge in [-0.3, -0.25) is 0 Å². The largest absolute Gasteiger partial charge is 0.309 e. The lowest BCUT2D eigenvalue weighted by Crippen LogP contribution is -2.25. The zero-order valence-corrected chi connectivity index (χ0v) is 26.2. The van der Waals surface area contributed by atoms with Crippen LogP contribution in [0.25, 0.3) is 54.2 Å². The van der Waals surface area contributed by atoms with Crippen LogP contribution in [-0.2, 0) is 9.98 Å². The molecule has 2 heteroatoms. The summed E-state index contributed by atoms with van der Waals surface area (Å²) in [6.45, 7) is 4.74. The highest BCUT2D eigenvalue weighted by Crippen LogP contribution is 2.54. The van der Waals surface area contributed by atoms with E-state index in [0.717, 1.165) is 32.1 Å². The Hall–Kier alpha value is -4.97. The van der Waals surface area contributed by atoms with Gasteiger partial charge in [0.05, 0.1) is 0 Å². The van der Waals surface area contributed by atoms with Gasteiger partial charge in [0.25, 0.3) is 0 Å². The molecule has 8 aromatic rings. The molecule has 0 aromatic heterocycles. The first-order chi connectivity index (χ1) is 22.0. The van der Waals surface area contributed by atoms with Crippen molar-refractivity contribution in [3.8, 4) is 11.1 Å². The molecule has 0 fully saturated rings. The van der Waals surface area contributed by atoms with Crippen molar-refractivity contribution >= 4 is 66.1 Å². The lowest BCUT2D eigenvalue weighted by molar-refractivity contribution is 0.592. The van der Waals surface area contributed by atoms with Gasteiger partial charge in [-0.1, -0.05) is 159 Å². The molecular formula is C43H31OP. The van der Waals surface area contributed by atoms with Crippen molar-refractivity contribution in [2.24, 2.45) is 0 Å². The minimum Gasteiger partial charge on any atom is -0.309 e. The maximum atomic E-state index is 15.8. The molecule has 0 atom stereocenters. The zero-order chi connectivity index (χ0) is 30.3. The minimum absolute atomic E-state index is 0.145. The molecule has 0 heterocycles. The molecule has 0 saturated heterocycles. The average molecular weight is 595 g/mol. The Morgan fingerprint density at radius 3 is 1.64 bits per heavy atom. The van der Waals surface area contributed by atoms with Crippen LogP contribution in [0.1, 0.15) is 25.0 Å². The molecule has 8 aromatic carbocycles. The normalized spacial score (nSPS) is 13.8. The number of hydrogen-bond donors (Lipinski definition) is 0. The average Bonchev–Trinajstić information content (AvgIpc) is 3.34. The van der Waals surface area contributed by atoms with E-state index in [2.05, 4.69) is 105 Å². The molecule has 0 N–H and O–H groups in total. The number of hydrogen-bond acceptors (Lipinski definition) is 1. The number of benzene rings is 8. The fraction of sp³-hybridized carbons (Fsp3) is 0.0698. The van der Waals surface area contributed by atoms with Gasteiger partial charge in [-0.05, 0) is 71.4 Å². The Kier molecular flexibility index (Phi) is 5.59. The summed E-state index contributed by atoms with van der Waals surface area (Å²) < 4.78 is 15.8. The lowest BCUT2D eigenvalue weighted by atomic mass is 9.78. The van der Waals surface area contributed by atoms with E-state index in [0.29, 0.717) is 0 Å². The van der Waals surface area contributed by atoms with Crippen LogP contribution in [-0.4, -0.2) is 0 Å². The minimum atomic E-state index is -3.24. The van der Waals surface area contributed by atoms with E-state index < -0.39 is 7.14 Å². The molecule has 0 aliphatic heterocycles. The molecule has 1 aliphatic carbocycles. The Morgan fingerprint density at radius 2 is 0.978 bits per heavy atom. The van der Waals surface area contributed by atoms with E-state index in [9.17, 15) is 0 Å². The van der Waals surface area contributed by atoms with Crippen LogP contribution in [0, 0.1) is 0 Å². The van der Waals surface area contributed by atoms with Crippen molar-refractivity contribution in [2.75, 3.05) is 0 Å². The van der Waals surface area contributed by atoms with Crippen LogP contribution in [0.5, 0.6) is 0 Å². The Morgan fingerprint density at radius 1 is 0.444 bits per heavy atom. The van der Waals surface area contributed by atoms with Crippen LogP contribution >= 0.6 is 7.14 Å². The quantitative estimate of drug-likeness (QED) is 0.147. The molecule has 1 aliphatic rings. The van der Waals surface area contributed by atoms with Gasteiger partial charge >= 0.3 is 0 Å². The van der Waals surface area contributed by atoms with Crippen molar-refractivity contribution in [1.82, 2.24) is 0 Å². The first-order valence-corrected chi connectivity index (χ1v) is 17.4. The second-order valence-electron chi connectivity index (χ2n) is 12.8. The highest BCUT2D eigenvalue weighted by molar-refractivity contribution is 7.85. The van der Waals surface area contributed by atoms with E-state index >= 15 is 4.57 Å². The molecule has 0 amide bonds. The van der Waals surface area contributed by atoms with Crippen molar-refractivity contribution in [1.29, 1.82) is 0 Å². The van der Waals surface area contributed by atoms with Gasteiger partial charge < -0.3 is 4.57 Å². The molecule has 0 bridgehead atoms. The second-order valence-corrected chi connectivity index (χ2v) is 15.5. The first kappa shape index (κ1) is 26.4. The standard InChI is InChI=1S/C43H31OP/c1-43(2)38-24-14-13-20-31(38)35-25-26-36-40-34-23-12-10-21-32(34)39(27-37(40)30-19-9-11-22-33(30)41(36)42(35)43)45(44,28-15-5-3-6-16-28)29-17-7-4-8-18-29/h3-27H,1-2H3. The third kappa shape index (κ3) is 3.54. The van der Waals surface area contributed by atoms with Crippen LogP contribution < -0.4 is 15.9 Å². The summed E-state index contributed by atoms with van der Waals surface area (Å²) in [5.41, 5.74) is 5.28. The van der Waals surface area contributed by atoms with Gasteiger partial charge in [-0.2, -0.15) is 0 Å². The summed E-state index contributed by atoms with van der Waals surface area (Å²) in [6, 6.07) is 53.3. The van der Waals surface area contributed by atoms with Gasteiger partial charge in [0.1, 0.15) is 0 Å². The monoisotopic (exact) mass is 594 g/mol. The summed E-state index contributed by atoms with van der Waals surface area (Å²) in [6.07, 6.45) is 0. The van der Waals surface area contributed by atoms with Crippen LogP contribution in [0.3, 0.4) is 0 Å². The highest BCUT2D eigenvalue weighted by Gasteiger charge is 2.38. The van der Waals surface area contributed by atoms with Gasteiger partial charge in [0.2, 0.25) is 0 Å². The molecule has 45 heavy (non-hydrogen) atoms. The van der Waals surface area contributed by atoms with Crippen molar-refractivity contribution in [3.63, 3.8) is 0 Å². The van der Waals surface area contributed by atoms with E-state index in [1.54, 1.807) is 0 Å². The topological polar surface area (TPSA) is 17.1 Å². The van der Waals surface area contributed by atoms with Gasteiger partial charge in [0.15, 0.2) is 7.14 Å². The van der Waals surface area contributed by atoms with E-state index in [-0.39, 0.29) is 5.41 Å². The molecular weight excluding hydrogens is 563 g/mol. The molecule has 1 nitrogen and oxygen atoms in total. The molecule has 0 radical (unpaired) electrons. The van der Waals surface area contributed by atoms with E-state index in [1.807, 2.05) is 60.7 Å². The van der Waals surface area contributed by atoms with E-state index in [1.165, 1.54) is 49.2 Å². The lowest BCUT2D eigenvalue weighted by Gasteiger charge is -2.26. The third-order valence-electron chi connectivity index (χ3n) is 10.1. The summed E-state index contributed by atoms with van der Waals surface area (Å²) in [5.74, 6) is 0. The highest BCUT2D eigenvalue weighted by atomic mass is 31.2. The van der Waals surface area contributed by atoms with Crippen LogP contribution in [0.15, 0.2) is 152 Å². The summed E-state index contributed by atoms with van der Waals surface area (Å²) in [7, 11) is -3.24. The van der Waals surface area contributed by atoms with Crippen molar-refractivity contribution in [3.05, 3.63) is 163 Å². The Labute approximate surface area is 263 Å². The summed E-state index contributed by atoms with van der Waals surface area (Å²) >= 11 is 0. The smallest absolute Gasteiger partial charge is 0.171 e. The van der Waals surface area contributed by atoms with Crippen molar-refractivity contribution < 1.29 is 4.57 Å². The van der Waals surface area contributed by atoms with Crippen LogP contribution in [0.4, 0.5) is 0 Å². The Balaban J connectivity index is 1.50. The van der Waals surface area contributed by atoms with Gasteiger partial charge in [-0.15, -0.1) is 0 Å². The molecule has 9 rings (SSSR count). The fourth-order valence-corrected chi connectivity index (χ4v) is 11.0. The fourth-order valence-electron chi connectivity index (χ4n) is 8.12. The second kappa shape index (κ2) is 9.51. The maximum Gasteiger partial charge on any atom is 0.171 e. The van der Waals surface area contributed by atoms with Gasteiger partial charge in [0, 0.05) is 21.3 Å². The van der Waals surface area contributed by atoms with Crippen molar-refractivity contribution in [2.45, 2.75) is 19.3 Å². The molecule has 0 spiro atoms. The molecule has 0 unspecified atom stereocenters. The first-order valence-electron chi connectivity index (χ1n) is 15.6. The molecule has 214 valence electrons. The summed E-state index contributed by atoms with van der Waals surface area (Å²) in [4.78, 5) is 0. The predicted octanol–water partition coefficient (Wildman–Crippen LogP) is 10.2. The number of fused-ring (bicyclic) bond motifs is 12. The zero-order valence-electron chi connectivity index (χ0n) is 25.3. The third-order valence-corrected chi connectivity index (χ3v) is 13.2. The van der Waals surface area contributed by atoms with E-state index in [4.69, 9.17) is 0 Å². The SMILES string of the molecule is CC1(C)c2ccccc2-c2ccc3c(c21)c1ccccc1c1cc(P(=O)(c2ccccc2)c2ccccc2)c2ccccc2c13. The maximum absolute atomic E-state index is 15.8. The number of rotatable bonds is 3. The predicted molar refractivity (Wildman–Crippen MR) is 193 cm³/mol. The Bertz CT molecular complexity index is 2480.